The first-order valence-corrected chi connectivity index (χ1v) is 11.5. The summed E-state index contributed by atoms with van der Waals surface area (Å²) in [6.07, 6.45) is 0.324. The Kier molecular flexibility index (Phi) is 6.64. The largest absolute Gasteiger partial charge is 0.492 e. The smallest absolute Gasteiger partial charge is 0.246 e. The molecule has 1 N–H and O–H groups in total. The van der Waals surface area contributed by atoms with E-state index in [0.29, 0.717) is 6.61 Å². The summed E-state index contributed by atoms with van der Waals surface area (Å²) < 4.78 is 57.0. The number of nitrogens with one attached hydrogen (secondary N) is 1. The Morgan fingerprint density at radius 3 is 2.38 bits per heavy atom. The number of amides is 1. The van der Waals surface area contributed by atoms with Gasteiger partial charge in [0, 0.05) is 20.1 Å². The van der Waals surface area contributed by atoms with Crippen LogP contribution in [0.1, 0.15) is 19.8 Å². The van der Waals surface area contributed by atoms with E-state index in [1.807, 2.05) is 0 Å². The predicted octanol–water partition coefficient (Wildman–Crippen LogP) is 0.399. The highest BCUT2D eigenvalue weighted by Crippen LogP contribution is 2.29. The monoisotopic (exact) mass is 404 g/mol. The van der Waals surface area contributed by atoms with Crippen LogP contribution in [0, 0.1) is 0 Å². The van der Waals surface area contributed by atoms with Gasteiger partial charge >= 0.3 is 0 Å². The van der Waals surface area contributed by atoms with E-state index in [1.54, 1.807) is 25.1 Å². The van der Waals surface area contributed by atoms with Gasteiger partial charge in [-0.05, 0) is 31.9 Å². The van der Waals surface area contributed by atoms with Crippen molar-refractivity contribution in [3.05, 3.63) is 24.3 Å². The number of piperidine rings is 1. The van der Waals surface area contributed by atoms with E-state index in [0.717, 1.165) is 0 Å². The molecule has 0 aliphatic carbocycles. The maximum atomic E-state index is 12.9. The Hall–Kier alpha value is -1.65. The average molecular weight is 405 g/mol. The van der Waals surface area contributed by atoms with Gasteiger partial charge in [-0.2, -0.15) is 4.31 Å². The van der Waals surface area contributed by atoms with Crippen LogP contribution in [0.25, 0.3) is 0 Å². The molecule has 1 aromatic rings. The molecule has 0 atom stereocenters. The second kappa shape index (κ2) is 8.36. The molecular formula is C16H24N2O6S2. The zero-order valence-corrected chi connectivity index (χ0v) is 16.5. The third kappa shape index (κ3) is 4.54. The van der Waals surface area contributed by atoms with E-state index in [-0.39, 0.29) is 36.6 Å². The van der Waals surface area contributed by atoms with E-state index in [1.165, 1.54) is 17.4 Å². The lowest BCUT2D eigenvalue weighted by Gasteiger charge is -2.31. The molecule has 0 aromatic heterocycles. The first kappa shape index (κ1) is 20.7. The molecule has 1 saturated heterocycles. The normalized spacial score (nSPS) is 17.0. The quantitative estimate of drug-likeness (QED) is 0.704. The number of carbonyl (C=O) groups is 1. The van der Waals surface area contributed by atoms with Crippen LogP contribution in [0.5, 0.6) is 5.75 Å². The summed E-state index contributed by atoms with van der Waals surface area (Å²) in [5, 5.41) is 1.58. The van der Waals surface area contributed by atoms with E-state index < -0.39 is 36.8 Å². The van der Waals surface area contributed by atoms with E-state index in [4.69, 9.17) is 4.74 Å². The van der Waals surface area contributed by atoms with Crippen molar-refractivity contribution >= 4 is 25.8 Å². The summed E-state index contributed by atoms with van der Waals surface area (Å²) >= 11 is 0. The van der Waals surface area contributed by atoms with Gasteiger partial charge in [-0.15, -0.1) is 0 Å². The minimum atomic E-state index is -3.78. The summed E-state index contributed by atoms with van der Waals surface area (Å²) in [5.41, 5.74) is 0. The van der Waals surface area contributed by atoms with Crippen LogP contribution in [0.2, 0.25) is 0 Å². The van der Waals surface area contributed by atoms with Crippen LogP contribution in [0.4, 0.5) is 0 Å². The van der Waals surface area contributed by atoms with Crippen LogP contribution in [-0.4, -0.2) is 64.8 Å². The molecule has 1 amide bonds. The maximum Gasteiger partial charge on any atom is 0.246 e. The first-order chi connectivity index (χ1) is 12.2. The molecule has 0 unspecified atom stereocenters. The molecule has 146 valence electrons. The van der Waals surface area contributed by atoms with Crippen molar-refractivity contribution in [3.8, 4) is 5.75 Å². The summed E-state index contributed by atoms with van der Waals surface area (Å²) in [6.45, 7) is 2.28. The summed E-state index contributed by atoms with van der Waals surface area (Å²) in [4.78, 5) is 11.4. The zero-order chi connectivity index (χ0) is 19.4. The molecule has 1 fully saturated rings. The Morgan fingerprint density at radius 1 is 1.19 bits per heavy atom. The molecule has 2 rings (SSSR count). The summed E-state index contributed by atoms with van der Waals surface area (Å²) in [6, 6.07) is 6.39. The minimum absolute atomic E-state index is 0.0773. The molecule has 0 radical (unpaired) electrons. The summed E-state index contributed by atoms with van der Waals surface area (Å²) in [5.74, 6) is -0.858. The molecule has 0 spiro atoms. The zero-order valence-electron chi connectivity index (χ0n) is 14.8. The van der Waals surface area contributed by atoms with E-state index in [2.05, 4.69) is 5.32 Å². The van der Waals surface area contributed by atoms with Gasteiger partial charge in [0.1, 0.15) is 16.4 Å². The lowest BCUT2D eigenvalue weighted by Crippen LogP contribution is -2.44. The van der Waals surface area contributed by atoms with Gasteiger partial charge < -0.3 is 10.1 Å². The molecule has 26 heavy (non-hydrogen) atoms. The highest BCUT2D eigenvalue weighted by molar-refractivity contribution is 7.92. The molecule has 0 bridgehead atoms. The van der Waals surface area contributed by atoms with Gasteiger partial charge in [-0.1, -0.05) is 12.1 Å². The van der Waals surface area contributed by atoms with Gasteiger partial charge in [0.2, 0.25) is 15.9 Å². The molecular weight excluding hydrogens is 380 g/mol. The number of sulfonamides is 1. The van der Waals surface area contributed by atoms with Gasteiger partial charge in [0.25, 0.3) is 0 Å². The van der Waals surface area contributed by atoms with Gasteiger partial charge in [0.05, 0.1) is 11.9 Å². The third-order valence-corrected chi connectivity index (χ3v) is 8.38. The maximum absolute atomic E-state index is 12.9. The number of hydrogen-bond donors (Lipinski definition) is 1. The van der Waals surface area contributed by atoms with Crippen LogP contribution >= 0.6 is 0 Å². The second-order valence-corrected chi connectivity index (χ2v) is 10.2. The summed E-state index contributed by atoms with van der Waals surface area (Å²) in [7, 11) is -6.00. The standard InChI is InChI=1S/C16H24N2O6S2/c1-3-24-14-6-4-5-7-15(14)26(22,23)18-10-8-13(9-11-18)25(20,21)12-16(19)17-2/h4-7,13H,3,8-12H2,1-2H3,(H,17,19). The van der Waals surface area contributed by atoms with Crippen LogP contribution in [-0.2, 0) is 24.7 Å². The lowest BCUT2D eigenvalue weighted by molar-refractivity contribution is -0.118. The molecule has 10 heteroatoms. The van der Waals surface area contributed by atoms with Crippen molar-refractivity contribution in [2.75, 3.05) is 32.5 Å². The third-order valence-electron chi connectivity index (χ3n) is 4.29. The number of hydrogen-bond acceptors (Lipinski definition) is 6. The Morgan fingerprint density at radius 2 is 1.81 bits per heavy atom. The fourth-order valence-electron chi connectivity index (χ4n) is 2.88. The number of para-hydroxylation sites is 1. The van der Waals surface area contributed by atoms with Crippen molar-refractivity contribution in [2.45, 2.75) is 29.9 Å². The topological polar surface area (TPSA) is 110 Å². The molecule has 1 aromatic carbocycles. The van der Waals surface area contributed by atoms with E-state index in [9.17, 15) is 21.6 Å². The van der Waals surface area contributed by atoms with Crippen LogP contribution in [0.3, 0.4) is 0 Å². The van der Waals surface area contributed by atoms with Crippen molar-refractivity contribution < 1.29 is 26.4 Å². The van der Waals surface area contributed by atoms with Crippen molar-refractivity contribution in [3.63, 3.8) is 0 Å². The fourth-order valence-corrected chi connectivity index (χ4v) is 6.16. The number of benzene rings is 1. The molecule has 8 nitrogen and oxygen atoms in total. The molecule has 1 aliphatic rings. The number of sulfone groups is 1. The molecule has 1 heterocycles. The number of rotatable bonds is 7. The fraction of sp³-hybridized carbons (Fsp3) is 0.562. The molecule has 0 saturated carbocycles. The van der Waals surface area contributed by atoms with Crippen LogP contribution < -0.4 is 10.1 Å². The molecule has 1 aliphatic heterocycles. The van der Waals surface area contributed by atoms with Gasteiger partial charge in [-0.3, -0.25) is 4.79 Å². The lowest BCUT2D eigenvalue weighted by atomic mass is 10.2. The van der Waals surface area contributed by atoms with Crippen molar-refractivity contribution in [2.24, 2.45) is 0 Å². The van der Waals surface area contributed by atoms with E-state index >= 15 is 0 Å². The van der Waals surface area contributed by atoms with Crippen molar-refractivity contribution in [1.82, 2.24) is 9.62 Å². The SMILES string of the molecule is CCOc1ccccc1S(=O)(=O)N1CCC(S(=O)(=O)CC(=O)NC)CC1. The number of carbonyl (C=O) groups excluding carboxylic acids is 1. The van der Waals surface area contributed by atoms with Crippen LogP contribution in [0.15, 0.2) is 29.2 Å². The Balaban J connectivity index is 2.13. The predicted molar refractivity (Wildman–Crippen MR) is 97.2 cm³/mol. The minimum Gasteiger partial charge on any atom is -0.492 e. The first-order valence-electron chi connectivity index (χ1n) is 8.36. The highest BCUT2D eigenvalue weighted by atomic mass is 32.2. The number of ether oxygens (including phenoxy) is 1. The highest BCUT2D eigenvalue weighted by Gasteiger charge is 2.36. The Labute approximate surface area is 154 Å². The Bertz CT molecular complexity index is 843. The van der Waals surface area contributed by atoms with Gasteiger partial charge in [0.15, 0.2) is 9.84 Å². The second-order valence-electron chi connectivity index (χ2n) is 5.96. The number of nitrogens with zero attached hydrogens (tertiary/aromatic N) is 1. The van der Waals surface area contributed by atoms with Gasteiger partial charge in [-0.25, -0.2) is 16.8 Å². The average Bonchev–Trinajstić information content (AvgIpc) is 2.62. The van der Waals surface area contributed by atoms with Crippen molar-refractivity contribution in [1.29, 1.82) is 0 Å².